The predicted molar refractivity (Wildman–Crippen MR) is 102 cm³/mol. The van der Waals surface area contributed by atoms with Gasteiger partial charge in [-0.15, -0.1) is 0 Å². The minimum Gasteiger partial charge on any atom is -0.493 e. The van der Waals surface area contributed by atoms with E-state index in [9.17, 15) is 0 Å². The average molecular weight is 339 g/mol. The summed E-state index contributed by atoms with van der Waals surface area (Å²) in [5.74, 6) is 1.46. The first-order valence-electron chi connectivity index (χ1n) is 8.54. The number of para-hydroxylation sites is 1. The second-order valence-corrected chi connectivity index (χ2v) is 6.03. The Labute approximate surface area is 149 Å². The van der Waals surface area contributed by atoms with E-state index in [0.717, 1.165) is 49.0 Å². The van der Waals surface area contributed by atoms with Gasteiger partial charge >= 0.3 is 0 Å². The molecule has 0 aliphatic carbocycles. The Morgan fingerprint density at radius 3 is 2.20 bits per heavy atom. The minimum absolute atomic E-state index is 0.725. The number of nitrogens with zero attached hydrogens (tertiary/aromatic N) is 3. The first-order chi connectivity index (χ1) is 12.2. The molecule has 1 heterocycles. The summed E-state index contributed by atoms with van der Waals surface area (Å²) in [7, 11) is 3.29. The third kappa shape index (κ3) is 4.05. The predicted octanol–water partition coefficient (Wildman–Crippen LogP) is 3.25. The third-order valence-electron chi connectivity index (χ3n) is 4.47. The number of ether oxygens (including phenoxy) is 2. The number of benzene rings is 2. The Hall–Kier alpha value is -2.69. The monoisotopic (exact) mass is 339 g/mol. The van der Waals surface area contributed by atoms with E-state index >= 15 is 0 Å². The van der Waals surface area contributed by atoms with Crippen LogP contribution in [0.1, 0.15) is 12.5 Å². The van der Waals surface area contributed by atoms with Gasteiger partial charge in [-0.1, -0.05) is 18.2 Å². The molecule has 0 spiro atoms. The fourth-order valence-corrected chi connectivity index (χ4v) is 3.02. The summed E-state index contributed by atoms with van der Waals surface area (Å²) in [5, 5.41) is 6.94. The van der Waals surface area contributed by atoms with Crippen LogP contribution in [-0.4, -0.2) is 51.1 Å². The van der Waals surface area contributed by atoms with Crippen LogP contribution in [0.3, 0.4) is 0 Å². The van der Waals surface area contributed by atoms with Crippen LogP contribution < -0.4 is 14.4 Å². The van der Waals surface area contributed by atoms with Gasteiger partial charge in [0.05, 0.1) is 33.0 Å². The molecule has 5 nitrogen and oxygen atoms in total. The molecule has 2 aromatic rings. The van der Waals surface area contributed by atoms with Crippen LogP contribution in [0.2, 0.25) is 0 Å². The summed E-state index contributed by atoms with van der Waals surface area (Å²) in [6.45, 7) is 5.82. The summed E-state index contributed by atoms with van der Waals surface area (Å²) in [6.07, 6.45) is 0. The third-order valence-corrected chi connectivity index (χ3v) is 4.47. The number of piperazine rings is 1. The van der Waals surface area contributed by atoms with Gasteiger partial charge < -0.3 is 14.4 Å². The molecule has 132 valence electrons. The van der Waals surface area contributed by atoms with Crippen LogP contribution in [0.4, 0.5) is 5.69 Å². The molecular formula is C20H25N3O2. The fourth-order valence-electron chi connectivity index (χ4n) is 3.02. The zero-order valence-electron chi connectivity index (χ0n) is 15.1. The van der Waals surface area contributed by atoms with Crippen molar-refractivity contribution in [2.24, 2.45) is 5.10 Å². The summed E-state index contributed by atoms with van der Waals surface area (Å²) in [4.78, 5) is 2.40. The van der Waals surface area contributed by atoms with E-state index in [1.54, 1.807) is 14.2 Å². The van der Waals surface area contributed by atoms with Gasteiger partial charge in [-0.3, -0.25) is 5.01 Å². The van der Waals surface area contributed by atoms with Crippen LogP contribution >= 0.6 is 0 Å². The molecule has 5 heteroatoms. The lowest BCUT2D eigenvalue weighted by Crippen LogP contribution is -2.44. The number of methoxy groups -OCH3 is 2. The lowest BCUT2D eigenvalue weighted by molar-refractivity contribution is 0.270. The zero-order chi connectivity index (χ0) is 17.6. The standard InChI is InChI=1S/C20H25N3O2/c1-16(17-9-10-19(24-2)20(15-17)25-3)21-23-13-11-22(12-14-23)18-7-5-4-6-8-18/h4-10,15H,11-14H2,1-3H3/b21-16+. The molecule has 1 aliphatic rings. The van der Waals surface area contributed by atoms with Crippen molar-refractivity contribution < 1.29 is 9.47 Å². The highest BCUT2D eigenvalue weighted by Gasteiger charge is 2.16. The normalized spacial score (nSPS) is 15.2. The highest BCUT2D eigenvalue weighted by Crippen LogP contribution is 2.28. The Bertz CT molecular complexity index is 723. The van der Waals surface area contributed by atoms with Gasteiger partial charge in [0.2, 0.25) is 0 Å². The van der Waals surface area contributed by atoms with Crippen LogP contribution in [0.5, 0.6) is 11.5 Å². The maximum absolute atomic E-state index is 5.38. The van der Waals surface area contributed by atoms with Gasteiger partial charge in [0.1, 0.15) is 0 Å². The molecule has 0 atom stereocenters. The van der Waals surface area contributed by atoms with Crippen molar-refractivity contribution in [2.45, 2.75) is 6.92 Å². The zero-order valence-corrected chi connectivity index (χ0v) is 15.1. The Morgan fingerprint density at radius 2 is 1.56 bits per heavy atom. The van der Waals surface area contributed by atoms with Crippen LogP contribution in [-0.2, 0) is 0 Å². The molecule has 0 amide bonds. The van der Waals surface area contributed by atoms with Crippen LogP contribution in [0.15, 0.2) is 53.6 Å². The fraction of sp³-hybridized carbons (Fsp3) is 0.350. The molecule has 1 fully saturated rings. The van der Waals surface area contributed by atoms with E-state index < -0.39 is 0 Å². The molecule has 0 aromatic heterocycles. The van der Waals surface area contributed by atoms with Gasteiger partial charge in [-0.2, -0.15) is 5.10 Å². The quantitative estimate of drug-likeness (QED) is 0.784. The molecule has 0 bridgehead atoms. The second kappa shape index (κ2) is 7.92. The number of hydrogen-bond donors (Lipinski definition) is 0. The highest BCUT2D eigenvalue weighted by atomic mass is 16.5. The molecule has 1 aliphatic heterocycles. The van der Waals surface area contributed by atoms with E-state index in [4.69, 9.17) is 14.6 Å². The molecule has 3 rings (SSSR count). The Kier molecular flexibility index (Phi) is 5.43. The molecule has 0 saturated carbocycles. The van der Waals surface area contributed by atoms with Gasteiger partial charge in [0.15, 0.2) is 11.5 Å². The first-order valence-corrected chi connectivity index (χ1v) is 8.54. The van der Waals surface area contributed by atoms with Crippen molar-refractivity contribution in [3.8, 4) is 11.5 Å². The van der Waals surface area contributed by atoms with Crippen molar-refractivity contribution in [3.05, 3.63) is 54.1 Å². The average Bonchev–Trinajstić information content (AvgIpc) is 2.68. The minimum atomic E-state index is 0.725. The van der Waals surface area contributed by atoms with Crippen LogP contribution in [0, 0.1) is 0 Å². The lowest BCUT2D eigenvalue weighted by atomic mass is 10.1. The Balaban J connectivity index is 1.66. The summed E-state index contributed by atoms with van der Waals surface area (Å²) in [6, 6.07) is 16.4. The summed E-state index contributed by atoms with van der Waals surface area (Å²) in [5.41, 5.74) is 3.31. The van der Waals surface area contributed by atoms with Gasteiger partial charge in [-0.05, 0) is 37.3 Å². The number of rotatable bonds is 5. The molecule has 2 aromatic carbocycles. The maximum Gasteiger partial charge on any atom is 0.161 e. The van der Waals surface area contributed by atoms with E-state index in [1.807, 2.05) is 25.1 Å². The van der Waals surface area contributed by atoms with Crippen molar-refractivity contribution in [3.63, 3.8) is 0 Å². The number of anilines is 1. The van der Waals surface area contributed by atoms with Crippen molar-refractivity contribution in [1.29, 1.82) is 0 Å². The van der Waals surface area contributed by atoms with E-state index in [2.05, 4.69) is 40.2 Å². The smallest absolute Gasteiger partial charge is 0.161 e. The van der Waals surface area contributed by atoms with Crippen molar-refractivity contribution in [1.82, 2.24) is 5.01 Å². The molecular weight excluding hydrogens is 314 g/mol. The topological polar surface area (TPSA) is 37.3 Å². The van der Waals surface area contributed by atoms with Crippen molar-refractivity contribution >= 4 is 11.4 Å². The van der Waals surface area contributed by atoms with E-state index in [-0.39, 0.29) is 0 Å². The highest BCUT2D eigenvalue weighted by molar-refractivity contribution is 5.99. The number of hydrazone groups is 1. The number of hydrogen-bond acceptors (Lipinski definition) is 5. The van der Waals surface area contributed by atoms with E-state index in [0.29, 0.717) is 0 Å². The van der Waals surface area contributed by atoms with Gasteiger partial charge in [-0.25, -0.2) is 0 Å². The SMILES string of the molecule is COc1ccc(/C(C)=N/N2CCN(c3ccccc3)CC2)cc1OC. The van der Waals surface area contributed by atoms with Crippen molar-refractivity contribution in [2.75, 3.05) is 45.3 Å². The maximum atomic E-state index is 5.38. The molecule has 0 N–H and O–H groups in total. The molecule has 0 unspecified atom stereocenters. The summed E-state index contributed by atoms with van der Waals surface area (Å²) >= 11 is 0. The van der Waals surface area contributed by atoms with E-state index in [1.165, 1.54) is 5.69 Å². The van der Waals surface area contributed by atoms with Gasteiger partial charge in [0.25, 0.3) is 0 Å². The van der Waals surface area contributed by atoms with Crippen LogP contribution in [0.25, 0.3) is 0 Å². The molecule has 0 radical (unpaired) electrons. The first kappa shape index (κ1) is 17.1. The second-order valence-electron chi connectivity index (χ2n) is 6.03. The lowest BCUT2D eigenvalue weighted by Gasteiger charge is -2.35. The summed E-state index contributed by atoms with van der Waals surface area (Å²) < 4.78 is 10.7. The van der Waals surface area contributed by atoms with Gasteiger partial charge in [0, 0.05) is 24.3 Å². The molecule has 25 heavy (non-hydrogen) atoms. The molecule has 1 saturated heterocycles. The Morgan fingerprint density at radius 1 is 0.880 bits per heavy atom. The largest absolute Gasteiger partial charge is 0.493 e.